The van der Waals surface area contributed by atoms with Gasteiger partial charge >= 0.3 is 0 Å². The summed E-state index contributed by atoms with van der Waals surface area (Å²) in [4.78, 5) is 25.2. The summed E-state index contributed by atoms with van der Waals surface area (Å²) in [5.74, 6) is -1.26. The minimum Gasteiger partial charge on any atom is -0.322 e. The standard InChI is InChI=1S/C19H17FN4O2S2/c1-11(17(25)22-19-24-23-12(2)28-19)27-14-9-7-13(8-10-14)21-18(26)15-5-3-4-6-16(15)20/h3-11H,1-2H3,(H,21,26)(H,22,24,25). The fraction of sp³-hybridized carbons (Fsp3) is 0.158. The fourth-order valence-corrected chi connectivity index (χ4v) is 3.73. The maximum Gasteiger partial charge on any atom is 0.258 e. The van der Waals surface area contributed by atoms with Crippen LogP contribution in [0.15, 0.2) is 53.4 Å². The van der Waals surface area contributed by atoms with E-state index in [2.05, 4.69) is 20.8 Å². The lowest BCUT2D eigenvalue weighted by atomic mass is 10.2. The Morgan fingerprint density at radius 2 is 1.79 bits per heavy atom. The second-order valence-corrected chi connectivity index (χ2v) is 8.43. The van der Waals surface area contributed by atoms with Gasteiger partial charge in [0.15, 0.2) is 0 Å². The van der Waals surface area contributed by atoms with E-state index in [0.717, 1.165) is 9.90 Å². The summed E-state index contributed by atoms with van der Waals surface area (Å²) in [6.07, 6.45) is 0. The van der Waals surface area contributed by atoms with Crippen molar-refractivity contribution in [2.75, 3.05) is 10.6 Å². The van der Waals surface area contributed by atoms with Gasteiger partial charge in [-0.15, -0.1) is 22.0 Å². The van der Waals surface area contributed by atoms with Crippen LogP contribution >= 0.6 is 23.1 Å². The third kappa shape index (κ3) is 5.14. The van der Waals surface area contributed by atoms with E-state index in [9.17, 15) is 14.0 Å². The lowest BCUT2D eigenvalue weighted by Gasteiger charge is -2.11. The Balaban J connectivity index is 1.57. The Morgan fingerprint density at radius 1 is 1.07 bits per heavy atom. The van der Waals surface area contributed by atoms with Crippen LogP contribution in [0.1, 0.15) is 22.3 Å². The SMILES string of the molecule is Cc1nnc(NC(=O)C(C)Sc2ccc(NC(=O)c3ccccc3F)cc2)s1. The molecule has 3 rings (SSSR count). The van der Waals surface area contributed by atoms with Crippen molar-refractivity contribution in [2.45, 2.75) is 24.0 Å². The number of rotatable bonds is 6. The highest BCUT2D eigenvalue weighted by atomic mass is 32.2. The smallest absolute Gasteiger partial charge is 0.258 e. The van der Waals surface area contributed by atoms with E-state index in [4.69, 9.17) is 0 Å². The number of aryl methyl sites for hydroxylation is 1. The number of carbonyl (C=O) groups is 2. The number of aromatic nitrogens is 2. The quantitative estimate of drug-likeness (QED) is 0.584. The number of hydrogen-bond acceptors (Lipinski definition) is 6. The molecule has 2 amide bonds. The molecule has 2 N–H and O–H groups in total. The Bertz CT molecular complexity index is 992. The van der Waals surface area contributed by atoms with Crippen LogP contribution in [0, 0.1) is 12.7 Å². The zero-order valence-electron chi connectivity index (χ0n) is 15.1. The lowest BCUT2D eigenvalue weighted by molar-refractivity contribution is -0.115. The van der Waals surface area contributed by atoms with Crippen molar-refractivity contribution < 1.29 is 14.0 Å². The summed E-state index contributed by atoms with van der Waals surface area (Å²) in [6.45, 7) is 3.61. The van der Waals surface area contributed by atoms with Crippen LogP contribution in [0.5, 0.6) is 0 Å². The molecule has 0 bridgehead atoms. The van der Waals surface area contributed by atoms with Crippen molar-refractivity contribution in [3.63, 3.8) is 0 Å². The Labute approximate surface area is 169 Å². The Hall–Kier alpha value is -2.78. The first kappa shape index (κ1) is 20.0. The topological polar surface area (TPSA) is 84.0 Å². The highest BCUT2D eigenvalue weighted by Crippen LogP contribution is 2.26. The second kappa shape index (κ2) is 8.94. The molecule has 0 aliphatic rings. The van der Waals surface area contributed by atoms with Crippen LogP contribution in [-0.4, -0.2) is 27.3 Å². The zero-order chi connectivity index (χ0) is 20.1. The number of anilines is 2. The van der Waals surface area contributed by atoms with Gasteiger partial charge in [-0.1, -0.05) is 23.5 Å². The number of thioether (sulfide) groups is 1. The largest absolute Gasteiger partial charge is 0.322 e. The predicted octanol–water partition coefficient (Wildman–Crippen LogP) is 4.36. The maximum atomic E-state index is 13.7. The molecule has 1 unspecified atom stereocenters. The molecule has 0 fully saturated rings. The molecule has 0 saturated carbocycles. The average molecular weight is 417 g/mol. The van der Waals surface area contributed by atoms with E-state index in [0.29, 0.717) is 10.8 Å². The highest BCUT2D eigenvalue weighted by Gasteiger charge is 2.16. The summed E-state index contributed by atoms with van der Waals surface area (Å²) >= 11 is 2.69. The molecule has 0 aliphatic heterocycles. The van der Waals surface area contributed by atoms with E-state index in [1.807, 2.05) is 6.92 Å². The Morgan fingerprint density at radius 3 is 2.43 bits per heavy atom. The van der Waals surface area contributed by atoms with Gasteiger partial charge in [0.1, 0.15) is 10.8 Å². The Kier molecular flexibility index (Phi) is 6.37. The molecule has 1 heterocycles. The van der Waals surface area contributed by atoms with Gasteiger partial charge in [-0.25, -0.2) is 4.39 Å². The molecule has 0 aliphatic carbocycles. The normalized spacial score (nSPS) is 11.7. The van der Waals surface area contributed by atoms with Gasteiger partial charge in [0, 0.05) is 10.6 Å². The van der Waals surface area contributed by atoms with Crippen molar-refractivity contribution in [2.24, 2.45) is 0 Å². The predicted molar refractivity (Wildman–Crippen MR) is 109 cm³/mol. The van der Waals surface area contributed by atoms with Crippen molar-refractivity contribution in [3.05, 3.63) is 64.9 Å². The van der Waals surface area contributed by atoms with Crippen LogP contribution < -0.4 is 10.6 Å². The molecule has 144 valence electrons. The van der Waals surface area contributed by atoms with E-state index in [1.165, 1.54) is 41.3 Å². The van der Waals surface area contributed by atoms with E-state index >= 15 is 0 Å². The molecule has 3 aromatic rings. The molecule has 1 atom stereocenters. The third-order valence-corrected chi connectivity index (χ3v) is 5.53. The van der Waals surface area contributed by atoms with Crippen molar-refractivity contribution in [1.29, 1.82) is 0 Å². The van der Waals surface area contributed by atoms with Crippen LogP contribution in [0.25, 0.3) is 0 Å². The molecule has 0 saturated heterocycles. The number of halogens is 1. The maximum absolute atomic E-state index is 13.7. The summed E-state index contributed by atoms with van der Waals surface area (Å²) in [5, 5.41) is 14.0. The zero-order valence-corrected chi connectivity index (χ0v) is 16.7. The molecule has 0 radical (unpaired) electrons. The van der Waals surface area contributed by atoms with Crippen molar-refractivity contribution >= 4 is 45.7 Å². The van der Waals surface area contributed by atoms with Crippen LogP contribution in [0.2, 0.25) is 0 Å². The van der Waals surface area contributed by atoms with Gasteiger partial charge in [0.25, 0.3) is 5.91 Å². The molecule has 9 heteroatoms. The number of nitrogens with zero attached hydrogens (tertiary/aromatic N) is 2. The second-order valence-electron chi connectivity index (χ2n) is 5.83. The molecule has 0 spiro atoms. The van der Waals surface area contributed by atoms with Crippen LogP contribution in [-0.2, 0) is 4.79 Å². The first-order valence-corrected chi connectivity index (χ1v) is 10.1. The minimum atomic E-state index is -0.572. The van der Waals surface area contributed by atoms with Gasteiger partial charge in [-0.3, -0.25) is 14.9 Å². The number of carbonyl (C=O) groups excluding carboxylic acids is 2. The molecule has 1 aromatic heterocycles. The van der Waals surface area contributed by atoms with E-state index in [1.54, 1.807) is 37.3 Å². The van der Waals surface area contributed by atoms with Crippen LogP contribution in [0.4, 0.5) is 15.2 Å². The van der Waals surface area contributed by atoms with Crippen molar-refractivity contribution in [3.8, 4) is 0 Å². The summed E-state index contributed by atoms with van der Waals surface area (Å²) < 4.78 is 13.7. The molecule has 2 aromatic carbocycles. The third-order valence-electron chi connectivity index (χ3n) is 3.67. The highest BCUT2D eigenvalue weighted by molar-refractivity contribution is 8.00. The average Bonchev–Trinajstić information content (AvgIpc) is 3.08. The fourth-order valence-electron chi connectivity index (χ4n) is 2.27. The number of amides is 2. The number of benzene rings is 2. The number of nitrogens with one attached hydrogen (secondary N) is 2. The molecule has 6 nitrogen and oxygen atoms in total. The van der Waals surface area contributed by atoms with E-state index < -0.39 is 11.7 Å². The van der Waals surface area contributed by atoms with E-state index in [-0.39, 0.29) is 16.7 Å². The molecular formula is C19H17FN4O2S2. The number of hydrogen-bond donors (Lipinski definition) is 2. The first-order valence-electron chi connectivity index (χ1n) is 8.36. The van der Waals surface area contributed by atoms with Gasteiger partial charge < -0.3 is 5.32 Å². The molecule has 28 heavy (non-hydrogen) atoms. The summed E-state index contributed by atoms with van der Waals surface area (Å²) in [7, 11) is 0. The first-order chi connectivity index (χ1) is 13.4. The minimum absolute atomic E-state index is 0.0156. The van der Waals surface area contributed by atoms with Gasteiger partial charge in [0.05, 0.1) is 10.8 Å². The summed E-state index contributed by atoms with van der Waals surface area (Å²) in [5.41, 5.74) is 0.525. The van der Waals surface area contributed by atoms with Gasteiger partial charge in [0.2, 0.25) is 11.0 Å². The molecular weight excluding hydrogens is 399 g/mol. The monoisotopic (exact) mass is 416 g/mol. The van der Waals surface area contributed by atoms with Gasteiger partial charge in [-0.2, -0.15) is 0 Å². The van der Waals surface area contributed by atoms with Crippen molar-refractivity contribution in [1.82, 2.24) is 10.2 Å². The lowest BCUT2D eigenvalue weighted by Crippen LogP contribution is -2.22. The van der Waals surface area contributed by atoms with Gasteiger partial charge in [-0.05, 0) is 50.2 Å². The van der Waals surface area contributed by atoms with Crippen LogP contribution in [0.3, 0.4) is 0 Å². The summed E-state index contributed by atoms with van der Waals surface area (Å²) in [6, 6.07) is 12.8.